The van der Waals surface area contributed by atoms with Crippen LogP contribution in [0.25, 0.3) is 0 Å². The molecule has 0 amide bonds. The molecule has 1 N–H and O–H groups in total. The van der Waals surface area contributed by atoms with Crippen LogP contribution >= 0.6 is 11.3 Å². The third kappa shape index (κ3) is 2.57. The Kier molecular flexibility index (Phi) is 3.34. The highest BCUT2D eigenvalue weighted by molar-refractivity contribution is 7.07. The van der Waals surface area contributed by atoms with Crippen molar-refractivity contribution < 1.29 is 4.42 Å². The van der Waals surface area contributed by atoms with E-state index in [0.717, 1.165) is 24.8 Å². The van der Waals surface area contributed by atoms with Crippen LogP contribution in [0.3, 0.4) is 0 Å². The largest absolute Gasteiger partial charge is 0.432 e. The van der Waals surface area contributed by atoms with E-state index in [0.29, 0.717) is 6.04 Å². The van der Waals surface area contributed by atoms with Crippen LogP contribution in [0, 0.1) is 0 Å². The number of anilines is 1. The highest BCUT2D eigenvalue weighted by atomic mass is 32.1. The average Bonchev–Trinajstić information content (AvgIpc) is 2.89. The quantitative estimate of drug-likeness (QED) is 0.870. The van der Waals surface area contributed by atoms with E-state index < -0.39 is 0 Å². The molecule has 18 heavy (non-hydrogen) atoms. The first-order valence-corrected chi connectivity index (χ1v) is 7.18. The van der Waals surface area contributed by atoms with E-state index >= 15 is 0 Å². The molecule has 1 fully saturated rings. The second-order valence-corrected chi connectivity index (χ2v) is 5.42. The molecule has 0 bridgehead atoms. The fraction of sp³-hybridized carbons (Fsp3) is 0.462. The summed E-state index contributed by atoms with van der Waals surface area (Å²) in [6.07, 6.45) is 4.23. The third-order valence-corrected chi connectivity index (χ3v) is 3.80. The number of rotatable bonds is 6. The molecule has 2 aromatic heterocycles. The SMILES string of the molecule is CNCc1coc(N(Cc2ccsc2)C2CC2)n1. The zero-order chi connectivity index (χ0) is 12.4. The summed E-state index contributed by atoms with van der Waals surface area (Å²) in [7, 11) is 1.92. The molecule has 5 heteroatoms. The lowest BCUT2D eigenvalue weighted by atomic mass is 10.3. The molecule has 2 aromatic rings. The molecular weight excluding hydrogens is 246 g/mol. The Morgan fingerprint density at radius 1 is 1.56 bits per heavy atom. The van der Waals surface area contributed by atoms with Gasteiger partial charge in [0.25, 0.3) is 6.01 Å². The normalized spacial score (nSPS) is 14.9. The summed E-state index contributed by atoms with van der Waals surface area (Å²) in [6, 6.07) is 3.53. The van der Waals surface area contributed by atoms with Crippen LogP contribution in [0.4, 0.5) is 6.01 Å². The van der Waals surface area contributed by atoms with Gasteiger partial charge in [0.05, 0.1) is 5.69 Å². The maximum absolute atomic E-state index is 5.61. The van der Waals surface area contributed by atoms with Gasteiger partial charge in [0.2, 0.25) is 0 Å². The average molecular weight is 263 g/mol. The van der Waals surface area contributed by atoms with E-state index in [4.69, 9.17) is 4.42 Å². The van der Waals surface area contributed by atoms with Crippen molar-refractivity contribution in [2.75, 3.05) is 11.9 Å². The lowest BCUT2D eigenvalue weighted by Gasteiger charge is -2.19. The lowest BCUT2D eigenvalue weighted by Crippen LogP contribution is -2.25. The Bertz CT molecular complexity index is 490. The maximum Gasteiger partial charge on any atom is 0.298 e. The van der Waals surface area contributed by atoms with E-state index in [-0.39, 0.29) is 0 Å². The van der Waals surface area contributed by atoms with Crippen LogP contribution in [0.15, 0.2) is 27.5 Å². The molecule has 3 rings (SSSR count). The number of thiophene rings is 1. The molecule has 1 aliphatic rings. The summed E-state index contributed by atoms with van der Waals surface area (Å²) in [5, 5.41) is 7.39. The molecule has 0 atom stereocenters. The van der Waals surface area contributed by atoms with Crippen LogP contribution in [-0.4, -0.2) is 18.1 Å². The highest BCUT2D eigenvalue weighted by Gasteiger charge is 2.32. The zero-order valence-corrected chi connectivity index (χ0v) is 11.2. The van der Waals surface area contributed by atoms with Crippen molar-refractivity contribution in [1.82, 2.24) is 10.3 Å². The molecule has 2 heterocycles. The van der Waals surface area contributed by atoms with Crippen LogP contribution < -0.4 is 10.2 Å². The smallest absolute Gasteiger partial charge is 0.298 e. The van der Waals surface area contributed by atoms with E-state index in [9.17, 15) is 0 Å². The fourth-order valence-electron chi connectivity index (χ4n) is 2.01. The van der Waals surface area contributed by atoms with E-state index in [1.165, 1.54) is 18.4 Å². The number of nitrogens with zero attached hydrogens (tertiary/aromatic N) is 2. The Morgan fingerprint density at radius 2 is 2.44 bits per heavy atom. The maximum atomic E-state index is 5.61. The number of hydrogen-bond donors (Lipinski definition) is 1. The summed E-state index contributed by atoms with van der Waals surface area (Å²) < 4.78 is 5.61. The highest BCUT2D eigenvalue weighted by Crippen LogP contribution is 2.32. The van der Waals surface area contributed by atoms with E-state index in [2.05, 4.69) is 32.0 Å². The molecular formula is C13H17N3OS. The summed E-state index contributed by atoms with van der Waals surface area (Å²) in [5.74, 6) is 0. The van der Waals surface area contributed by atoms with Gasteiger partial charge in [-0.25, -0.2) is 0 Å². The van der Waals surface area contributed by atoms with Crippen molar-refractivity contribution in [1.29, 1.82) is 0 Å². The Balaban J connectivity index is 1.76. The lowest BCUT2D eigenvalue weighted by molar-refractivity contribution is 0.528. The summed E-state index contributed by atoms with van der Waals surface area (Å²) in [6.45, 7) is 1.65. The minimum Gasteiger partial charge on any atom is -0.432 e. The molecule has 0 unspecified atom stereocenters. The molecule has 1 aliphatic carbocycles. The molecule has 4 nitrogen and oxygen atoms in total. The standard InChI is InChI=1S/C13H17N3OS/c1-14-6-11-8-17-13(15-11)16(12-2-3-12)7-10-4-5-18-9-10/h4-5,8-9,12,14H,2-3,6-7H2,1H3. The van der Waals surface area contributed by atoms with Crippen molar-refractivity contribution in [3.8, 4) is 0 Å². The fourth-order valence-corrected chi connectivity index (χ4v) is 2.67. The number of nitrogens with one attached hydrogen (secondary N) is 1. The van der Waals surface area contributed by atoms with Crippen LogP contribution in [0.1, 0.15) is 24.1 Å². The second-order valence-electron chi connectivity index (χ2n) is 4.64. The van der Waals surface area contributed by atoms with Crippen molar-refractivity contribution in [3.63, 3.8) is 0 Å². The van der Waals surface area contributed by atoms with Gasteiger partial charge in [-0.1, -0.05) is 0 Å². The van der Waals surface area contributed by atoms with Crippen LogP contribution in [-0.2, 0) is 13.1 Å². The predicted molar refractivity (Wildman–Crippen MR) is 72.8 cm³/mol. The van der Waals surface area contributed by atoms with Gasteiger partial charge in [0.15, 0.2) is 0 Å². The zero-order valence-electron chi connectivity index (χ0n) is 10.4. The van der Waals surface area contributed by atoms with Gasteiger partial charge in [-0.15, -0.1) is 0 Å². The van der Waals surface area contributed by atoms with Gasteiger partial charge in [-0.2, -0.15) is 16.3 Å². The molecule has 96 valence electrons. The van der Waals surface area contributed by atoms with E-state index in [1.54, 1.807) is 17.6 Å². The molecule has 0 radical (unpaired) electrons. The van der Waals surface area contributed by atoms with Crippen molar-refractivity contribution in [2.24, 2.45) is 0 Å². The third-order valence-electron chi connectivity index (χ3n) is 3.06. The molecule has 0 aliphatic heterocycles. The molecule has 1 saturated carbocycles. The first-order valence-electron chi connectivity index (χ1n) is 6.23. The second kappa shape index (κ2) is 5.12. The number of oxazole rings is 1. The van der Waals surface area contributed by atoms with Crippen LogP contribution in [0.2, 0.25) is 0 Å². The Morgan fingerprint density at radius 3 is 3.11 bits per heavy atom. The minimum atomic E-state index is 0.603. The topological polar surface area (TPSA) is 41.3 Å². The van der Waals surface area contributed by atoms with Gasteiger partial charge in [0, 0.05) is 19.1 Å². The predicted octanol–water partition coefficient (Wildman–Crippen LogP) is 2.62. The van der Waals surface area contributed by atoms with Gasteiger partial charge in [-0.05, 0) is 42.3 Å². The Labute approximate surface area is 111 Å². The van der Waals surface area contributed by atoms with Crippen molar-refractivity contribution in [2.45, 2.75) is 32.0 Å². The van der Waals surface area contributed by atoms with Crippen LogP contribution in [0.5, 0.6) is 0 Å². The molecule has 0 spiro atoms. The summed E-state index contributed by atoms with van der Waals surface area (Å²) in [4.78, 5) is 6.82. The number of hydrogen-bond acceptors (Lipinski definition) is 5. The molecule has 0 saturated heterocycles. The summed E-state index contributed by atoms with van der Waals surface area (Å²) in [5.41, 5.74) is 2.30. The van der Waals surface area contributed by atoms with Gasteiger partial charge < -0.3 is 14.6 Å². The van der Waals surface area contributed by atoms with Crippen molar-refractivity contribution >= 4 is 17.4 Å². The Hall–Kier alpha value is -1.33. The van der Waals surface area contributed by atoms with Gasteiger partial charge in [-0.3, -0.25) is 0 Å². The first kappa shape index (κ1) is 11.7. The summed E-state index contributed by atoms with van der Waals surface area (Å²) >= 11 is 1.73. The van der Waals surface area contributed by atoms with E-state index in [1.807, 2.05) is 7.05 Å². The first-order chi connectivity index (χ1) is 8.86. The van der Waals surface area contributed by atoms with Gasteiger partial charge in [0.1, 0.15) is 6.26 Å². The monoisotopic (exact) mass is 263 g/mol. The minimum absolute atomic E-state index is 0.603. The number of aromatic nitrogens is 1. The van der Waals surface area contributed by atoms with Gasteiger partial charge >= 0.3 is 0 Å². The molecule has 0 aromatic carbocycles. The van der Waals surface area contributed by atoms with Crippen molar-refractivity contribution in [3.05, 3.63) is 34.3 Å².